The van der Waals surface area contributed by atoms with E-state index in [1.54, 1.807) is 9.58 Å². The molecule has 0 bridgehead atoms. The van der Waals surface area contributed by atoms with E-state index in [4.69, 9.17) is 18.7 Å². The molecule has 1 atom stereocenters. The molecule has 1 amide bonds. The second kappa shape index (κ2) is 9.45. The molecule has 0 aromatic carbocycles. The molecular weight excluding hydrogens is 522 g/mol. The van der Waals surface area contributed by atoms with Crippen molar-refractivity contribution in [3.05, 3.63) is 10.2 Å². The Kier molecular flexibility index (Phi) is 5.95. The van der Waals surface area contributed by atoms with Gasteiger partial charge in [0, 0.05) is 54.3 Å². The number of piperidine rings is 1. The number of carbonyl (C=O) groups is 1. The summed E-state index contributed by atoms with van der Waals surface area (Å²) in [7, 11) is 0. The first kappa shape index (κ1) is 22.6. The molecule has 4 heterocycles. The van der Waals surface area contributed by atoms with Gasteiger partial charge in [-0.1, -0.05) is 0 Å². The predicted molar refractivity (Wildman–Crippen MR) is 145 cm³/mol. The number of aromatic nitrogens is 2. The second-order valence-corrected chi connectivity index (χ2v) is 13.9. The zero-order valence-electron chi connectivity index (χ0n) is 25.5. The smallest absolute Gasteiger partial charge is 0.410 e. The predicted octanol–water partition coefficient (Wildman–Crippen LogP) is 4.85. The summed E-state index contributed by atoms with van der Waals surface area (Å²) in [5.41, 5.74) is -0.347. The zero-order valence-corrected chi connectivity index (χ0v) is 24.1. The van der Waals surface area contributed by atoms with Gasteiger partial charge in [0.2, 0.25) is 0 Å². The van der Waals surface area contributed by atoms with E-state index >= 15 is 0 Å². The first-order chi connectivity index (χ1) is 18.1. The quantitative estimate of drug-likeness (QED) is 0.517. The average molecular weight is 570 g/mol. The second-order valence-electron chi connectivity index (χ2n) is 13.1. The highest BCUT2D eigenvalue weighted by atomic mass is 79.9. The van der Waals surface area contributed by atoms with E-state index in [0.717, 1.165) is 70.9 Å². The van der Waals surface area contributed by atoms with Crippen molar-refractivity contribution in [2.45, 2.75) is 84.3 Å². The van der Waals surface area contributed by atoms with Gasteiger partial charge >= 0.3 is 6.09 Å². The number of morpholine rings is 1. The maximum atomic E-state index is 12.4. The van der Waals surface area contributed by atoms with E-state index in [1.807, 2.05) is 20.8 Å². The zero-order chi connectivity index (χ0) is 28.4. The van der Waals surface area contributed by atoms with E-state index in [9.17, 15) is 4.79 Å². The number of rotatable bonds is 4. The van der Waals surface area contributed by atoms with Crippen LogP contribution in [0.15, 0.2) is 4.47 Å². The van der Waals surface area contributed by atoms with Crippen molar-refractivity contribution in [2.24, 2.45) is 11.3 Å². The molecule has 0 radical (unpaired) electrons. The summed E-state index contributed by atoms with van der Waals surface area (Å²) in [6, 6.07) is 0.00762. The number of amides is 1. The summed E-state index contributed by atoms with van der Waals surface area (Å²) in [4.78, 5) is 19.0. The van der Waals surface area contributed by atoms with E-state index in [1.165, 1.54) is 0 Å². The molecule has 202 valence electrons. The topological polar surface area (TPSA) is 63.1 Å². The number of nitrogens with zero attached hydrogens (tertiary/aromatic N) is 5. The molecule has 1 aromatic heterocycles. The number of hydrogen-bond acceptors (Lipinski definition) is 6. The van der Waals surface area contributed by atoms with Crippen LogP contribution in [0.3, 0.4) is 0 Å². The SMILES string of the molecule is [2H]C([2H])([2H])c1c(Br)c(N2CC[C@@H](CN3CCOCC3)CC2(C)C)nn1C1CC2(C1)CN(C(=O)OC(C)(C)C)C2. The van der Waals surface area contributed by atoms with Gasteiger partial charge in [-0.2, -0.15) is 5.10 Å². The number of hydrogen-bond donors (Lipinski definition) is 0. The highest BCUT2D eigenvalue weighted by molar-refractivity contribution is 9.10. The van der Waals surface area contributed by atoms with Gasteiger partial charge in [0.25, 0.3) is 0 Å². The van der Waals surface area contributed by atoms with Gasteiger partial charge in [-0.25, -0.2) is 4.79 Å². The molecule has 36 heavy (non-hydrogen) atoms. The van der Waals surface area contributed by atoms with Crippen molar-refractivity contribution in [1.29, 1.82) is 0 Å². The lowest BCUT2D eigenvalue weighted by molar-refractivity contribution is -0.0931. The molecule has 4 fully saturated rings. The first-order valence-corrected chi connectivity index (χ1v) is 14.2. The fraction of sp³-hybridized carbons (Fsp3) is 0.852. The Labute approximate surface area is 229 Å². The molecule has 3 aliphatic heterocycles. The molecule has 4 aliphatic rings. The van der Waals surface area contributed by atoms with Crippen molar-refractivity contribution < 1.29 is 18.4 Å². The molecule has 9 heteroatoms. The van der Waals surface area contributed by atoms with Crippen LogP contribution in [0.25, 0.3) is 0 Å². The van der Waals surface area contributed by atoms with Crippen LogP contribution >= 0.6 is 15.9 Å². The minimum Gasteiger partial charge on any atom is -0.444 e. The van der Waals surface area contributed by atoms with Crippen LogP contribution in [-0.2, 0) is 9.47 Å². The van der Waals surface area contributed by atoms with Gasteiger partial charge in [0.1, 0.15) is 5.60 Å². The number of anilines is 1. The monoisotopic (exact) mass is 568 g/mol. The summed E-state index contributed by atoms with van der Waals surface area (Å²) in [5, 5.41) is 4.99. The fourth-order valence-electron chi connectivity index (χ4n) is 6.66. The molecule has 1 saturated carbocycles. The Morgan fingerprint density at radius 3 is 2.50 bits per heavy atom. The largest absolute Gasteiger partial charge is 0.444 e. The van der Waals surface area contributed by atoms with Crippen molar-refractivity contribution >= 4 is 27.8 Å². The summed E-state index contributed by atoms with van der Waals surface area (Å²) in [6.45, 7) is 14.7. The van der Waals surface area contributed by atoms with Crippen molar-refractivity contribution in [3.8, 4) is 0 Å². The van der Waals surface area contributed by atoms with Crippen LogP contribution in [0.1, 0.15) is 76.2 Å². The minimum atomic E-state index is -2.28. The third-order valence-corrected chi connectivity index (χ3v) is 9.11. The van der Waals surface area contributed by atoms with Crippen LogP contribution in [0.5, 0.6) is 0 Å². The van der Waals surface area contributed by atoms with Gasteiger partial charge in [-0.15, -0.1) is 0 Å². The number of ether oxygens (including phenoxy) is 2. The summed E-state index contributed by atoms with van der Waals surface area (Å²) in [6.07, 6.45) is 3.43. The first-order valence-electron chi connectivity index (χ1n) is 14.9. The molecule has 0 N–H and O–H groups in total. The van der Waals surface area contributed by atoms with Crippen LogP contribution in [0.2, 0.25) is 0 Å². The molecule has 5 rings (SSSR count). The Morgan fingerprint density at radius 1 is 1.19 bits per heavy atom. The third-order valence-electron chi connectivity index (χ3n) is 8.38. The lowest BCUT2D eigenvalue weighted by atomic mass is 9.61. The molecule has 1 aromatic rings. The minimum absolute atomic E-state index is 0.00762. The van der Waals surface area contributed by atoms with Gasteiger partial charge in [0.15, 0.2) is 5.82 Å². The highest BCUT2D eigenvalue weighted by Gasteiger charge is 2.55. The standard InChI is InChI=1S/C27H44BrN5O3/c1-19-22(28)23(32-8-7-20(13-26(32,5)6)16-30-9-11-35-12-10-30)29-33(19)21-14-27(15-21)17-31(18-27)24(34)36-25(2,3)4/h20-21H,7-18H2,1-6H3/t20-/m1/s1/i1D3. The number of carbonyl (C=O) groups excluding carboxylic acids is 1. The fourth-order valence-corrected chi connectivity index (χ4v) is 7.13. The Morgan fingerprint density at radius 2 is 1.89 bits per heavy atom. The van der Waals surface area contributed by atoms with Crippen LogP contribution in [0, 0.1) is 18.2 Å². The molecule has 1 aliphatic carbocycles. The van der Waals surface area contributed by atoms with Crippen molar-refractivity contribution in [3.63, 3.8) is 0 Å². The lowest BCUT2D eigenvalue weighted by Crippen LogP contribution is -2.64. The van der Waals surface area contributed by atoms with Crippen molar-refractivity contribution in [2.75, 3.05) is 57.4 Å². The Bertz CT molecular complexity index is 1070. The average Bonchev–Trinajstić information content (AvgIpc) is 3.07. The van der Waals surface area contributed by atoms with E-state index in [2.05, 4.69) is 39.6 Å². The van der Waals surface area contributed by atoms with Crippen molar-refractivity contribution in [1.82, 2.24) is 19.6 Å². The molecule has 3 saturated heterocycles. The molecule has 0 unspecified atom stereocenters. The van der Waals surface area contributed by atoms with Crippen LogP contribution < -0.4 is 4.90 Å². The summed E-state index contributed by atoms with van der Waals surface area (Å²) in [5.74, 6) is 1.33. The molecule has 1 spiro atoms. The Balaban J connectivity index is 1.28. The van der Waals surface area contributed by atoms with Gasteiger partial charge in [-0.05, 0) is 89.0 Å². The van der Waals surface area contributed by atoms with E-state index in [0.29, 0.717) is 23.5 Å². The lowest BCUT2D eigenvalue weighted by Gasteiger charge is -2.58. The van der Waals surface area contributed by atoms with Gasteiger partial charge in [0.05, 0.1) is 29.4 Å². The van der Waals surface area contributed by atoms with E-state index < -0.39 is 12.5 Å². The molecule has 8 nitrogen and oxygen atoms in total. The molecular formula is C27H44BrN5O3. The third kappa shape index (κ3) is 5.17. The Hall–Kier alpha value is -1.32. The normalized spacial score (nSPS) is 28.2. The van der Waals surface area contributed by atoms with Gasteiger partial charge in [-0.3, -0.25) is 9.58 Å². The van der Waals surface area contributed by atoms with Gasteiger partial charge < -0.3 is 19.3 Å². The summed E-state index contributed by atoms with van der Waals surface area (Å²) < 4.78 is 38.3. The van der Waals surface area contributed by atoms with E-state index in [-0.39, 0.29) is 28.8 Å². The maximum absolute atomic E-state index is 12.4. The number of likely N-dealkylation sites (tertiary alicyclic amines) is 1. The number of halogens is 1. The highest BCUT2D eigenvalue weighted by Crippen LogP contribution is 2.55. The van der Waals surface area contributed by atoms with Crippen LogP contribution in [-0.4, -0.2) is 89.3 Å². The maximum Gasteiger partial charge on any atom is 0.410 e. The van der Waals surface area contributed by atoms with Crippen LogP contribution in [0.4, 0.5) is 10.6 Å². The summed E-state index contributed by atoms with van der Waals surface area (Å²) >= 11 is 3.68.